The third-order valence-electron chi connectivity index (χ3n) is 4.46. The van der Waals surface area contributed by atoms with Crippen LogP contribution >= 0.6 is 0 Å². The Morgan fingerprint density at radius 2 is 1.88 bits per heavy atom. The summed E-state index contributed by atoms with van der Waals surface area (Å²) in [5.74, 6) is 0.847. The highest BCUT2D eigenvalue weighted by Gasteiger charge is 2.18. The van der Waals surface area contributed by atoms with Gasteiger partial charge in [-0.2, -0.15) is 4.79 Å². The molecule has 2 rings (SSSR count). The monoisotopic (exact) mass is 349 g/mol. The zero-order chi connectivity index (χ0) is 17.9. The molecule has 0 bridgehead atoms. The van der Waals surface area contributed by atoms with Crippen molar-refractivity contribution in [2.45, 2.75) is 58.5 Å². The Balaban J connectivity index is 1.68. The topological polar surface area (TPSA) is 55.4 Å². The van der Waals surface area contributed by atoms with E-state index in [4.69, 9.17) is 9.47 Å². The van der Waals surface area contributed by atoms with E-state index in [0.29, 0.717) is 0 Å². The molecule has 0 saturated carbocycles. The average molecular weight is 349 g/mol. The SMILES string of the molecule is CCCCCOc1ccc([NH2+]C(=O)O[C@@H](C)CN2CCCCC2)cc1. The highest BCUT2D eigenvalue weighted by Crippen LogP contribution is 2.13. The fourth-order valence-corrected chi connectivity index (χ4v) is 3.11. The Morgan fingerprint density at radius 3 is 2.56 bits per heavy atom. The average Bonchev–Trinajstić information content (AvgIpc) is 2.61. The van der Waals surface area contributed by atoms with E-state index in [1.807, 2.05) is 31.2 Å². The Kier molecular flexibility index (Phi) is 8.77. The first-order valence-corrected chi connectivity index (χ1v) is 9.68. The molecule has 1 atom stereocenters. The molecule has 1 heterocycles. The quantitative estimate of drug-likeness (QED) is 0.548. The molecule has 1 amide bonds. The van der Waals surface area contributed by atoms with Gasteiger partial charge in [-0.3, -0.25) is 4.90 Å². The van der Waals surface area contributed by atoms with Gasteiger partial charge in [0.25, 0.3) is 0 Å². The Bertz CT molecular complexity index is 498. The minimum Gasteiger partial charge on any atom is -0.494 e. The number of amides is 1. The van der Waals surface area contributed by atoms with Gasteiger partial charge in [0, 0.05) is 18.7 Å². The molecule has 0 aliphatic carbocycles. The summed E-state index contributed by atoms with van der Waals surface area (Å²) in [6.45, 7) is 7.94. The fraction of sp³-hybridized carbons (Fsp3) is 0.650. The van der Waals surface area contributed by atoms with E-state index < -0.39 is 0 Å². The van der Waals surface area contributed by atoms with Crippen LogP contribution in [0.4, 0.5) is 10.5 Å². The predicted octanol–water partition coefficient (Wildman–Crippen LogP) is 3.46. The van der Waals surface area contributed by atoms with Crippen molar-refractivity contribution in [3.8, 4) is 5.75 Å². The van der Waals surface area contributed by atoms with E-state index in [0.717, 1.165) is 44.1 Å². The number of hydrogen-bond acceptors (Lipinski definition) is 4. The summed E-state index contributed by atoms with van der Waals surface area (Å²) in [7, 11) is 0. The first kappa shape index (κ1) is 19.7. The molecule has 0 aromatic heterocycles. The van der Waals surface area contributed by atoms with Crippen molar-refractivity contribution in [2.75, 3.05) is 26.2 Å². The number of likely N-dealkylation sites (tertiary alicyclic amines) is 1. The summed E-state index contributed by atoms with van der Waals surface area (Å²) in [5, 5.41) is 1.55. The molecule has 1 saturated heterocycles. The number of piperidine rings is 1. The highest BCUT2D eigenvalue weighted by molar-refractivity contribution is 5.59. The maximum absolute atomic E-state index is 12.1. The van der Waals surface area contributed by atoms with E-state index in [2.05, 4.69) is 11.8 Å². The van der Waals surface area contributed by atoms with Gasteiger partial charge in [0.1, 0.15) is 17.5 Å². The summed E-state index contributed by atoms with van der Waals surface area (Å²) >= 11 is 0. The lowest BCUT2D eigenvalue weighted by molar-refractivity contribution is -0.484. The zero-order valence-electron chi connectivity index (χ0n) is 15.7. The molecule has 1 aliphatic heterocycles. The molecule has 0 radical (unpaired) electrons. The van der Waals surface area contributed by atoms with Crippen molar-refractivity contribution in [2.24, 2.45) is 0 Å². The van der Waals surface area contributed by atoms with Crippen LogP contribution in [0.5, 0.6) is 5.75 Å². The molecule has 0 spiro atoms. The van der Waals surface area contributed by atoms with Gasteiger partial charge in [-0.1, -0.05) is 26.2 Å². The number of carbonyl (C=O) groups excluding carboxylic acids is 1. The Labute approximate surface area is 151 Å². The van der Waals surface area contributed by atoms with Gasteiger partial charge < -0.3 is 9.47 Å². The van der Waals surface area contributed by atoms with Crippen LogP contribution in [-0.4, -0.2) is 43.3 Å². The first-order chi connectivity index (χ1) is 12.2. The van der Waals surface area contributed by atoms with Gasteiger partial charge in [0.2, 0.25) is 0 Å². The van der Waals surface area contributed by atoms with Crippen molar-refractivity contribution in [1.82, 2.24) is 4.90 Å². The molecular weight excluding hydrogens is 316 g/mol. The van der Waals surface area contributed by atoms with E-state index in [-0.39, 0.29) is 12.2 Å². The van der Waals surface area contributed by atoms with Crippen LogP contribution in [0.25, 0.3) is 0 Å². The largest absolute Gasteiger partial charge is 0.518 e. The molecule has 25 heavy (non-hydrogen) atoms. The smallest absolute Gasteiger partial charge is 0.494 e. The van der Waals surface area contributed by atoms with E-state index in [1.54, 1.807) is 5.32 Å². The molecule has 2 N–H and O–H groups in total. The van der Waals surface area contributed by atoms with Crippen molar-refractivity contribution < 1.29 is 19.6 Å². The number of ether oxygens (including phenoxy) is 2. The molecule has 5 heteroatoms. The fourth-order valence-electron chi connectivity index (χ4n) is 3.11. The Hall–Kier alpha value is -1.59. The minimum absolute atomic E-state index is 0.0805. The van der Waals surface area contributed by atoms with E-state index >= 15 is 0 Å². The van der Waals surface area contributed by atoms with Crippen LogP contribution in [0.3, 0.4) is 0 Å². The molecule has 0 unspecified atom stereocenters. The number of rotatable bonds is 9. The van der Waals surface area contributed by atoms with Gasteiger partial charge in [0.05, 0.1) is 6.61 Å². The number of hydrogen-bond donors (Lipinski definition) is 1. The lowest BCUT2D eigenvalue weighted by atomic mass is 10.1. The second-order valence-electron chi connectivity index (χ2n) is 6.88. The second kappa shape index (κ2) is 11.1. The van der Waals surface area contributed by atoms with Crippen molar-refractivity contribution >= 4 is 11.8 Å². The van der Waals surface area contributed by atoms with Gasteiger partial charge in [-0.25, -0.2) is 5.32 Å². The lowest BCUT2D eigenvalue weighted by Crippen LogP contribution is -2.82. The lowest BCUT2D eigenvalue weighted by Gasteiger charge is -2.28. The third kappa shape index (κ3) is 7.88. The molecule has 1 aliphatic rings. The zero-order valence-corrected chi connectivity index (χ0v) is 15.7. The molecule has 1 aromatic carbocycles. The first-order valence-electron chi connectivity index (χ1n) is 9.68. The molecule has 1 aromatic rings. The van der Waals surface area contributed by atoms with Crippen LogP contribution in [0.15, 0.2) is 24.3 Å². The van der Waals surface area contributed by atoms with Crippen LogP contribution in [0.2, 0.25) is 0 Å². The number of unbranched alkanes of at least 4 members (excludes halogenated alkanes) is 2. The number of benzene rings is 1. The Morgan fingerprint density at radius 1 is 1.16 bits per heavy atom. The van der Waals surface area contributed by atoms with Crippen molar-refractivity contribution in [3.63, 3.8) is 0 Å². The van der Waals surface area contributed by atoms with Gasteiger partial charge in [-0.15, -0.1) is 0 Å². The van der Waals surface area contributed by atoms with Gasteiger partial charge in [0.15, 0.2) is 0 Å². The summed E-state index contributed by atoms with van der Waals surface area (Å²) < 4.78 is 11.2. The molecule has 140 valence electrons. The second-order valence-corrected chi connectivity index (χ2v) is 6.88. The number of primary amides is 1. The standard InChI is InChI=1S/C20H32N2O3/c1-3-4-8-15-24-19-11-9-18(10-12-19)21-20(23)25-17(2)16-22-13-6-5-7-14-22/h9-12,17H,3-8,13-16H2,1-2H3,(H,21,23)/p+1/t17-/m0/s1. The summed E-state index contributed by atoms with van der Waals surface area (Å²) in [4.78, 5) is 14.4. The van der Waals surface area contributed by atoms with Crippen LogP contribution < -0.4 is 10.1 Å². The number of nitrogens with two attached hydrogens (primary N) is 1. The molecular formula is C20H33N2O3+. The summed E-state index contributed by atoms with van der Waals surface area (Å²) in [5.41, 5.74) is 0.844. The maximum atomic E-state index is 12.1. The molecule has 1 fully saturated rings. The van der Waals surface area contributed by atoms with Crippen LogP contribution in [0, 0.1) is 0 Å². The van der Waals surface area contributed by atoms with Crippen molar-refractivity contribution in [1.29, 1.82) is 0 Å². The molecule has 5 nitrogen and oxygen atoms in total. The van der Waals surface area contributed by atoms with E-state index in [9.17, 15) is 4.79 Å². The van der Waals surface area contributed by atoms with Gasteiger partial charge in [-0.05, 0) is 51.4 Å². The van der Waals surface area contributed by atoms with Crippen LogP contribution in [-0.2, 0) is 4.74 Å². The number of nitrogens with zero attached hydrogens (tertiary/aromatic N) is 1. The minimum atomic E-state index is -0.277. The van der Waals surface area contributed by atoms with E-state index in [1.165, 1.54) is 32.1 Å². The van der Waals surface area contributed by atoms with Crippen molar-refractivity contribution in [3.05, 3.63) is 24.3 Å². The summed E-state index contributed by atoms with van der Waals surface area (Å²) in [6, 6.07) is 7.60. The van der Waals surface area contributed by atoms with Gasteiger partial charge >= 0.3 is 6.09 Å². The maximum Gasteiger partial charge on any atom is 0.518 e. The normalized spacial score (nSPS) is 16.4. The number of quaternary nitrogens is 1. The van der Waals surface area contributed by atoms with Crippen LogP contribution in [0.1, 0.15) is 52.4 Å². The third-order valence-corrected chi connectivity index (χ3v) is 4.46. The summed E-state index contributed by atoms with van der Waals surface area (Å²) in [6.07, 6.45) is 6.91. The highest BCUT2D eigenvalue weighted by atomic mass is 16.6. The predicted molar refractivity (Wildman–Crippen MR) is 99.3 cm³/mol. The number of carbonyl (C=O) groups is 1.